The van der Waals surface area contributed by atoms with Crippen LogP contribution in [0.3, 0.4) is 0 Å². The molecule has 4 saturated heterocycles. The van der Waals surface area contributed by atoms with E-state index in [1.165, 1.54) is 12.3 Å². The minimum atomic E-state index is -0.459. The van der Waals surface area contributed by atoms with Crippen LogP contribution in [0.5, 0.6) is 0 Å². The summed E-state index contributed by atoms with van der Waals surface area (Å²) in [4.78, 5) is 130. The number of aromatic nitrogens is 15. The molecule has 0 radical (unpaired) electrons. The average Bonchev–Trinajstić information content (AvgIpc) is 1.60. The van der Waals surface area contributed by atoms with Gasteiger partial charge in [-0.25, -0.2) is 54.2 Å². The van der Waals surface area contributed by atoms with Crippen LogP contribution in [0.4, 0.5) is 32.8 Å². The van der Waals surface area contributed by atoms with Crippen LogP contribution in [0.15, 0.2) is 201 Å². The Morgan fingerprint density at radius 1 is 0.374 bits per heavy atom. The van der Waals surface area contributed by atoms with Gasteiger partial charge < -0.3 is 76.8 Å². The lowest BCUT2D eigenvalue weighted by molar-refractivity contribution is 0.0675. The number of piperazine rings is 1. The molecule has 35 nitrogen and oxygen atoms in total. The van der Waals surface area contributed by atoms with Gasteiger partial charge in [-0.15, -0.1) is 0 Å². The molecule has 750 valence electrons. The van der Waals surface area contributed by atoms with Crippen LogP contribution < -0.4 is 42.5 Å². The third kappa shape index (κ3) is 18.2. The van der Waals surface area contributed by atoms with Gasteiger partial charge in [0.25, 0.3) is 29.5 Å². The number of benzene rings is 5. The lowest BCUT2D eigenvalue weighted by Crippen LogP contribution is -2.57. The van der Waals surface area contributed by atoms with Gasteiger partial charge in [0.15, 0.2) is 28.2 Å². The number of hydrogen-bond donors (Lipinski definition) is 8. The maximum Gasteiger partial charge on any atom is 0.259 e. The van der Waals surface area contributed by atoms with Gasteiger partial charge in [0.1, 0.15) is 61.9 Å². The molecular formula is C111H119FN30O5. The van der Waals surface area contributed by atoms with Crippen LogP contribution in [-0.4, -0.2) is 314 Å². The number of para-hydroxylation sites is 10. The summed E-state index contributed by atoms with van der Waals surface area (Å²) in [5.41, 5.74) is 23.4. The summed E-state index contributed by atoms with van der Waals surface area (Å²) >= 11 is 0. The largest absolute Gasteiger partial charge is 0.387 e. The zero-order valence-corrected chi connectivity index (χ0v) is 84.3. The van der Waals surface area contributed by atoms with Crippen molar-refractivity contribution in [2.24, 2.45) is 0 Å². The number of aryl methyl sites for hydroxylation is 1. The number of halogens is 1. The fourth-order valence-electron chi connectivity index (χ4n) is 21.3. The van der Waals surface area contributed by atoms with Gasteiger partial charge in [0.2, 0.25) is 0 Å². The highest BCUT2D eigenvalue weighted by molar-refractivity contribution is 6.19. The minimum Gasteiger partial charge on any atom is -0.387 e. The summed E-state index contributed by atoms with van der Waals surface area (Å²) in [5.74, 6) is -0.711. The van der Waals surface area contributed by atoms with Crippen molar-refractivity contribution in [1.29, 1.82) is 0 Å². The average molecular weight is 1970 g/mol. The van der Waals surface area contributed by atoms with Crippen molar-refractivity contribution in [2.75, 3.05) is 175 Å². The fraction of sp³-hybridized carbons (Fsp3) is 0.324. The third-order valence-electron chi connectivity index (χ3n) is 28.6. The van der Waals surface area contributed by atoms with Gasteiger partial charge in [-0.05, 0) is 223 Å². The molecule has 36 heteroatoms. The molecule has 8 N–H and O–H groups in total. The van der Waals surface area contributed by atoms with Crippen molar-refractivity contribution in [3.63, 3.8) is 0 Å². The highest BCUT2D eigenvalue weighted by Crippen LogP contribution is 2.43. The number of amides is 5. The first kappa shape index (κ1) is 95.8. The van der Waals surface area contributed by atoms with Crippen molar-refractivity contribution in [2.45, 2.75) is 89.5 Å². The normalized spacial score (nSPS) is 16.6. The molecule has 2 aliphatic carbocycles. The second kappa shape index (κ2) is 40.2. The standard InChI is InChI=1S/C24H26N6O.C23H26N6O.2C22H24N6O.C20H19FN6O/c1-28-12-5-13-29(15-14-28)24(31)20-21(26-16-9-10-16)17-6-4-11-25-22(17)30-19-8-3-2-7-18(19)27-23(20)30;1-15-9-10-16-20(24-2)19(23(30)28-12-6-11-27(3)13-14-28)22-26-17-7-4-5-8-18(17)29(22)21(16)25-15;1-13-11-27(12-14(2)25-13)22(29)18-19(23-3)15-7-6-10-24-20(15)28-17-9-5-4-8-16(17)26-21(18)28;1-27(2)13-12-24-22(29)18-19(25-14-9-10-14)15-6-5-11-23-20(15)28-17-8-4-3-7-16(17)26-21(18)28;1-22-17-13-7-11(21)8-23-18(13)27-15-6-4-3-5-14(15)25-19(27)16(17)20(28)24-12-9-26(2)10-12/h2-4,6-8,11,16,26H,5,9-10,12-15H2,1H3;4-5,7-10,24H,6,11-14H2,1-3H3;4-10,13-14,23,25H,11-12H2,1-3H3;3-8,11,14,25H,9-10,12-13H2,1-2H3,(H,24,29);3-8,12,22H,9-10H2,1-2H3,(H,24,28)/t;;13-,14+;;. The van der Waals surface area contributed by atoms with E-state index in [4.69, 9.17) is 34.9 Å². The highest BCUT2D eigenvalue weighted by Gasteiger charge is 2.38. The maximum absolute atomic E-state index is 14.0. The highest BCUT2D eigenvalue weighted by atomic mass is 19.1. The molecule has 20 aromatic rings. The number of carbonyl (C=O) groups excluding carboxylic acids is 5. The number of anilines is 5. The number of nitrogens with one attached hydrogen (secondary N) is 8. The van der Waals surface area contributed by atoms with Crippen molar-refractivity contribution in [3.8, 4) is 0 Å². The zero-order chi connectivity index (χ0) is 101. The Hall–Kier alpha value is -16.0. The molecule has 15 aromatic heterocycles. The Bertz CT molecular complexity index is 8590. The molecule has 5 amide bonds. The van der Waals surface area contributed by atoms with E-state index in [2.05, 4.69) is 111 Å². The Morgan fingerprint density at radius 2 is 0.741 bits per heavy atom. The summed E-state index contributed by atoms with van der Waals surface area (Å²) < 4.78 is 24.0. The summed E-state index contributed by atoms with van der Waals surface area (Å²) in [6.07, 6.45) is 13.0. The van der Waals surface area contributed by atoms with E-state index < -0.39 is 5.82 Å². The molecule has 6 aliphatic rings. The first-order chi connectivity index (χ1) is 71.6. The first-order valence-corrected chi connectivity index (χ1v) is 50.7. The van der Waals surface area contributed by atoms with Crippen LogP contribution in [0.2, 0.25) is 0 Å². The van der Waals surface area contributed by atoms with Crippen LogP contribution in [0.1, 0.15) is 110 Å². The van der Waals surface area contributed by atoms with Crippen molar-refractivity contribution in [1.82, 2.24) is 122 Å². The summed E-state index contributed by atoms with van der Waals surface area (Å²) in [6.45, 7) is 17.3. The van der Waals surface area contributed by atoms with Crippen molar-refractivity contribution in [3.05, 3.63) is 240 Å². The Kier molecular flexibility index (Phi) is 26.2. The van der Waals surface area contributed by atoms with E-state index in [1.807, 2.05) is 249 Å². The van der Waals surface area contributed by atoms with E-state index in [1.54, 1.807) is 19.4 Å². The van der Waals surface area contributed by atoms with Gasteiger partial charge in [-0.1, -0.05) is 60.7 Å². The Morgan fingerprint density at radius 3 is 1.16 bits per heavy atom. The molecule has 19 heterocycles. The van der Waals surface area contributed by atoms with E-state index in [0.29, 0.717) is 104 Å². The van der Waals surface area contributed by atoms with E-state index in [9.17, 15) is 28.4 Å². The van der Waals surface area contributed by atoms with Gasteiger partial charge >= 0.3 is 0 Å². The Labute approximate surface area is 846 Å². The predicted octanol–water partition coefficient (Wildman–Crippen LogP) is 14.6. The quantitative estimate of drug-likeness (QED) is 0.0445. The number of nitrogens with zero attached hydrogens (tertiary/aromatic N) is 22. The lowest BCUT2D eigenvalue weighted by atomic mass is 10.1. The van der Waals surface area contributed by atoms with Gasteiger partial charge in [0.05, 0.1) is 95.8 Å². The molecule has 2 atom stereocenters. The molecule has 2 saturated carbocycles. The fourth-order valence-corrected chi connectivity index (χ4v) is 21.3. The second-order valence-corrected chi connectivity index (χ2v) is 39.6. The molecule has 5 aromatic carbocycles. The van der Waals surface area contributed by atoms with Gasteiger partial charge in [-0.2, -0.15) is 0 Å². The molecule has 0 unspecified atom stereocenters. The zero-order valence-electron chi connectivity index (χ0n) is 84.3. The second-order valence-electron chi connectivity index (χ2n) is 39.6. The SMILES string of the molecule is CN(C)CCNC(=O)c1c(NC2CC2)c2cccnc2n2c1nc1ccccc12.CN1CCCN(C(=O)c2c(NC3CC3)c3cccnc3n3c2nc2ccccc23)CC1.CNc1c(C(=O)N2CCCN(C)CC2)c2nc3ccccc3n2c2nc(C)ccc12.CNc1c(C(=O)N2C[C@@H](C)N[C@@H](C)C2)c2nc3ccccc3n2c2ncccc12.CNc1c(C(=O)NC2CN(C)C2)c2nc3ccccc3n2c2ncc(F)cc12. The topological polar surface area (TPSA) is 355 Å². The number of likely N-dealkylation sites (N-methyl/N-ethyl adjacent to an activating group) is 4. The maximum atomic E-state index is 14.0. The van der Waals surface area contributed by atoms with Gasteiger partial charge in [-0.3, -0.25) is 46.0 Å². The minimum absolute atomic E-state index is 0.000564. The molecule has 26 rings (SSSR count). The van der Waals surface area contributed by atoms with E-state index >= 15 is 0 Å². The molecule has 0 bridgehead atoms. The number of pyridine rings is 10. The number of imidazole rings is 5. The van der Waals surface area contributed by atoms with Crippen LogP contribution in [0, 0.1) is 12.7 Å². The smallest absolute Gasteiger partial charge is 0.259 e. The van der Waals surface area contributed by atoms with Crippen LogP contribution in [-0.2, 0) is 0 Å². The van der Waals surface area contributed by atoms with Crippen molar-refractivity contribution < 1.29 is 28.4 Å². The molecule has 0 spiro atoms. The van der Waals surface area contributed by atoms with Crippen LogP contribution in [0.25, 0.3) is 139 Å². The van der Waals surface area contributed by atoms with E-state index in [-0.39, 0.29) is 47.7 Å². The van der Waals surface area contributed by atoms with Gasteiger partial charge in [0, 0.05) is 175 Å². The summed E-state index contributed by atoms with van der Waals surface area (Å²) in [5, 5.41) is 30.8. The molecule has 6 fully saturated rings. The molecular weight excluding hydrogens is 1850 g/mol. The molecule has 147 heavy (non-hydrogen) atoms. The van der Waals surface area contributed by atoms with E-state index in [0.717, 1.165) is 238 Å². The third-order valence-corrected chi connectivity index (χ3v) is 28.6. The Balaban J connectivity index is 0.000000104. The predicted molar refractivity (Wildman–Crippen MR) is 580 cm³/mol. The number of fused-ring (bicyclic) bond motifs is 25. The number of carbonyl (C=O) groups is 5. The summed E-state index contributed by atoms with van der Waals surface area (Å²) in [7, 11) is 15.6. The number of likely N-dealkylation sites (tertiary alicyclic amines) is 1. The number of rotatable bonds is 16. The number of hydrogen-bond acceptors (Lipinski definition) is 25. The van der Waals surface area contributed by atoms with Crippen LogP contribution >= 0.6 is 0 Å². The monoisotopic (exact) mass is 1970 g/mol. The summed E-state index contributed by atoms with van der Waals surface area (Å²) in [6, 6.07) is 58.2. The molecule has 4 aliphatic heterocycles. The van der Waals surface area contributed by atoms with Crippen molar-refractivity contribution >= 4 is 197 Å². The lowest BCUT2D eigenvalue weighted by Gasteiger charge is -2.36. The first-order valence-electron chi connectivity index (χ1n) is 50.7.